The minimum Gasteiger partial charge on any atom is -0.338 e. The predicted octanol–water partition coefficient (Wildman–Crippen LogP) is 6.31. The summed E-state index contributed by atoms with van der Waals surface area (Å²) in [4.78, 5) is 17.1. The lowest BCUT2D eigenvalue weighted by Crippen LogP contribution is -2.46. The van der Waals surface area contributed by atoms with E-state index in [9.17, 15) is 26.4 Å². The average Bonchev–Trinajstić information content (AvgIpc) is 2.83. The van der Waals surface area contributed by atoms with Crippen LogP contribution in [0.2, 0.25) is 15.2 Å². The Hall–Kier alpha value is -2.37. The number of benzene rings is 2. The zero-order chi connectivity index (χ0) is 27.0. The van der Waals surface area contributed by atoms with Gasteiger partial charge in [-0.1, -0.05) is 53.0 Å². The Bertz CT molecular complexity index is 1430. The summed E-state index contributed by atoms with van der Waals surface area (Å²) in [7, 11) is -4.61. The Kier molecular flexibility index (Phi) is 8.06. The maximum Gasteiger partial charge on any atom is 0.419 e. The Morgan fingerprint density at radius 1 is 1.03 bits per heavy atom. The van der Waals surface area contributed by atoms with Crippen molar-refractivity contribution in [3.8, 4) is 11.1 Å². The van der Waals surface area contributed by atoms with Gasteiger partial charge in [-0.2, -0.15) is 13.2 Å². The number of nitrogens with one attached hydrogen (secondary N) is 1. The molecule has 1 saturated heterocycles. The summed E-state index contributed by atoms with van der Waals surface area (Å²) < 4.78 is 70.7. The summed E-state index contributed by atoms with van der Waals surface area (Å²) in [5.74, 6) is -0.298. The van der Waals surface area contributed by atoms with Crippen molar-refractivity contribution in [2.24, 2.45) is 0 Å². The van der Waals surface area contributed by atoms with E-state index in [1.807, 2.05) is 0 Å². The van der Waals surface area contributed by atoms with Crippen molar-refractivity contribution in [3.05, 3.63) is 81.1 Å². The molecule has 196 valence electrons. The van der Waals surface area contributed by atoms with Crippen LogP contribution < -0.4 is 4.72 Å². The van der Waals surface area contributed by atoms with Gasteiger partial charge in [-0.15, -0.1) is 0 Å². The number of hydrogen-bond acceptors (Lipinski definition) is 4. The Morgan fingerprint density at radius 3 is 2.32 bits per heavy atom. The maximum atomic E-state index is 14.1. The maximum absolute atomic E-state index is 14.1. The van der Waals surface area contributed by atoms with Crippen LogP contribution in [0.15, 0.2) is 59.6 Å². The van der Waals surface area contributed by atoms with E-state index in [1.54, 1.807) is 12.1 Å². The van der Waals surface area contributed by atoms with Gasteiger partial charge in [0.2, 0.25) is 10.0 Å². The molecule has 1 aromatic heterocycles. The van der Waals surface area contributed by atoms with Crippen LogP contribution in [0.3, 0.4) is 0 Å². The van der Waals surface area contributed by atoms with E-state index in [4.69, 9.17) is 34.8 Å². The fourth-order valence-corrected chi connectivity index (χ4v) is 6.37. The summed E-state index contributed by atoms with van der Waals surface area (Å²) in [6, 6.07) is 10.5. The molecule has 0 saturated carbocycles. The molecule has 0 radical (unpaired) electrons. The molecule has 0 spiro atoms. The highest BCUT2D eigenvalue weighted by molar-refractivity contribution is 7.89. The molecule has 0 atom stereocenters. The van der Waals surface area contributed by atoms with E-state index in [1.165, 1.54) is 41.4 Å². The van der Waals surface area contributed by atoms with Crippen LogP contribution in [0.4, 0.5) is 13.2 Å². The molecular formula is C24H19Cl3F3N3O3S. The number of nitrogens with zero attached hydrogens (tertiary/aromatic N) is 2. The van der Waals surface area contributed by atoms with Gasteiger partial charge in [-0.05, 0) is 48.7 Å². The molecule has 2 heterocycles. The van der Waals surface area contributed by atoms with E-state index in [2.05, 4.69) is 9.71 Å². The molecule has 1 fully saturated rings. The second-order valence-electron chi connectivity index (χ2n) is 8.37. The normalized spacial score (nSPS) is 15.1. The quantitative estimate of drug-likeness (QED) is 0.352. The molecule has 13 heteroatoms. The van der Waals surface area contributed by atoms with Crippen molar-refractivity contribution in [2.45, 2.75) is 30.0 Å². The number of carbonyl (C=O) groups excluding carboxylic acids is 1. The predicted molar refractivity (Wildman–Crippen MR) is 135 cm³/mol. The zero-order valence-electron chi connectivity index (χ0n) is 18.9. The first-order valence-electron chi connectivity index (χ1n) is 11.0. The van der Waals surface area contributed by atoms with Gasteiger partial charge in [0, 0.05) is 35.9 Å². The number of amides is 1. The first-order chi connectivity index (χ1) is 17.4. The number of sulfonamides is 1. The third-order valence-corrected chi connectivity index (χ3v) is 8.30. The van der Waals surface area contributed by atoms with Gasteiger partial charge in [0.1, 0.15) is 5.15 Å². The van der Waals surface area contributed by atoms with Crippen molar-refractivity contribution >= 4 is 50.7 Å². The van der Waals surface area contributed by atoms with E-state index in [0.29, 0.717) is 11.1 Å². The highest BCUT2D eigenvalue weighted by Gasteiger charge is 2.41. The van der Waals surface area contributed by atoms with Gasteiger partial charge in [0.05, 0.1) is 21.0 Å². The molecule has 0 aliphatic carbocycles. The first-order valence-corrected chi connectivity index (χ1v) is 13.6. The van der Waals surface area contributed by atoms with Crippen molar-refractivity contribution in [2.75, 3.05) is 13.1 Å². The number of piperidine rings is 1. The van der Waals surface area contributed by atoms with Crippen molar-refractivity contribution in [1.29, 1.82) is 0 Å². The van der Waals surface area contributed by atoms with E-state index < -0.39 is 37.7 Å². The van der Waals surface area contributed by atoms with E-state index in [0.717, 1.165) is 6.07 Å². The van der Waals surface area contributed by atoms with Crippen LogP contribution in [0, 0.1) is 0 Å². The lowest BCUT2D eigenvalue weighted by Gasteiger charge is -2.32. The molecule has 1 aliphatic rings. The molecule has 1 N–H and O–H groups in total. The van der Waals surface area contributed by atoms with Gasteiger partial charge in [-0.3, -0.25) is 4.79 Å². The third kappa shape index (κ3) is 6.21. The van der Waals surface area contributed by atoms with Crippen LogP contribution in [0.1, 0.15) is 28.8 Å². The molecule has 4 rings (SSSR count). The Labute approximate surface area is 226 Å². The lowest BCUT2D eigenvalue weighted by molar-refractivity contribution is -0.139. The standard InChI is InChI=1S/C24H19Cl3F3N3O3S/c25-16-3-1-2-14(12-16)18-5-6-19(21(22(18)27)24(28,29)30)37(35,36)32-17-8-10-33(11-9-17)23(34)15-4-7-20(26)31-13-15/h1-7,12-13,17,32H,8-11H2. The molecule has 0 bridgehead atoms. The summed E-state index contributed by atoms with van der Waals surface area (Å²) in [5.41, 5.74) is -0.818. The van der Waals surface area contributed by atoms with Gasteiger partial charge in [0.15, 0.2) is 0 Å². The number of halogens is 6. The third-order valence-electron chi connectivity index (χ3n) is 5.89. The van der Waals surface area contributed by atoms with Crippen molar-refractivity contribution < 1.29 is 26.4 Å². The highest BCUT2D eigenvalue weighted by atomic mass is 35.5. The fourth-order valence-electron chi connectivity index (χ4n) is 4.09. The SMILES string of the molecule is O=C(c1ccc(Cl)nc1)N1CCC(NS(=O)(=O)c2ccc(-c3cccc(Cl)c3)c(Cl)c2C(F)(F)F)CC1. The molecule has 2 aromatic carbocycles. The monoisotopic (exact) mass is 591 g/mol. The minimum atomic E-state index is -5.04. The number of likely N-dealkylation sites (tertiary alicyclic amines) is 1. The molecule has 1 amide bonds. The van der Waals surface area contributed by atoms with Crippen LogP contribution in [0.25, 0.3) is 11.1 Å². The minimum absolute atomic E-state index is 0.000971. The van der Waals surface area contributed by atoms with Crippen LogP contribution >= 0.6 is 34.8 Å². The first kappa shape index (κ1) is 27.7. The van der Waals surface area contributed by atoms with Crippen LogP contribution in [-0.4, -0.2) is 43.3 Å². The molecule has 6 nitrogen and oxygen atoms in total. The Morgan fingerprint density at radius 2 is 1.73 bits per heavy atom. The van der Waals surface area contributed by atoms with Crippen molar-refractivity contribution in [3.63, 3.8) is 0 Å². The van der Waals surface area contributed by atoms with Crippen molar-refractivity contribution in [1.82, 2.24) is 14.6 Å². The van der Waals surface area contributed by atoms with Gasteiger partial charge in [0.25, 0.3) is 5.91 Å². The molecule has 1 aliphatic heterocycles. The number of alkyl halides is 3. The summed E-state index contributed by atoms with van der Waals surface area (Å²) >= 11 is 17.8. The van der Waals surface area contributed by atoms with E-state index in [-0.39, 0.29) is 47.6 Å². The Balaban J connectivity index is 1.55. The molecular weight excluding hydrogens is 574 g/mol. The molecule has 3 aromatic rings. The van der Waals surface area contributed by atoms with Gasteiger partial charge in [-0.25, -0.2) is 18.1 Å². The molecule has 0 unspecified atom stereocenters. The number of hydrogen-bond donors (Lipinski definition) is 1. The van der Waals surface area contributed by atoms with Gasteiger partial charge < -0.3 is 4.90 Å². The number of pyridine rings is 1. The zero-order valence-corrected chi connectivity index (χ0v) is 22.0. The number of aromatic nitrogens is 1. The summed E-state index contributed by atoms with van der Waals surface area (Å²) in [5, 5.41) is -0.212. The average molecular weight is 593 g/mol. The summed E-state index contributed by atoms with van der Waals surface area (Å²) in [6.45, 7) is 0.407. The lowest BCUT2D eigenvalue weighted by atomic mass is 10.0. The second kappa shape index (κ2) is 10.8. The van der Waals surface area contributed by atoms with Gasteiger partial charge >= 0.3 is 6.18 Å². The van der Waals surface area contributed by atoms with E-state index >= 15 is 0 Å². The smallest absolute Gasteiger partial charge is 0.338 e. The number of carbonyl (C=O) groups is 1. The second-order valence-corrected chi connectivity index (χ2v) is 11.2. The highest BCUT2D eigenvalue weighted by Crippen LogP contribution is 2.44. The number of rotatable bonds is 5. The topological polar surface area (TPSA) is 79.4 Å². The summed E-state index contributed by atoms with van der Waals surface area (Å²) in [6.07, 6.45) is -3.28. The van der Waals surface area contributed by atoms with Crippen LogP contribution in [0.5, 0.6) is 0 Å². The fraction of sp³-hybridized carbons (Fsp3) is 0.250. The molecule has 37 heavy (non-hydrogen) atoms. The largest absolute Gasteiger partial charge is 0.419 e. The van der Waals surface area contributed by atoms with Crippen LogP contribution in [-0.2, 0) is 16.2 Å².